The zero-order valence-electron chi connectivity index (χ0n) is 11.2. The molecule has 1 amide bonds. The number of carbonyl (C=O) groups excluding carboxylic acids is 1. The van der Waals surface area contributed by atoms with Crippen LogP contribution in [0.4, 0.5) is 9.52 Å². The molecule has 0 unspecified atom stereocenters. The molecular weight excluding hydrogens is 367 g/mol. The van der Waals surface area contributed by atoms with Gasteiger partial charge in [-0.25, -0.2) is 9.37 Å². The number of rotatable bonds is 3. The van der Waals surface area contributed by atoms with Gasteiger partial charge < -0.3 is 0 Å². The van der Waals surface area contributed by atoms with E-state index in [0.29, 0.717) is 5.13 Å². The Bertz CT molecular complexity index is 834. The molecule has 0 aliphatic heterocycles. The Labute approximate surface area is 139 Å². The van der Waals surface area contributed by atoms with Crippen LogP contribution in [0.25, 0.3) is 11.3 Å². The molecule has 0 spiro atoms. The number of amides is 1. The van der Waals surface area contributed by atoms with E-state index in [1.807, 2.05) is 29.6 Å². The molecule has 6 heteroatoms. The van der Waals surface area contributed by atoms with Crippen molar-refractivity contribution >= 4 is 38.3 Å². The lowest BCUT2D eigenvalue weighted by Gasteiger charge is -2.01. The van der Waals surface area contributed by atoms with Gasteiger partial charge in [0.2, 0.25) is 0 Å². The first-order valence-electron chi connectivity index (χ1n) is 6.40. The Morgan fingerprint density at radius 2 is 2.00 bits per heavy atom. The van der Waals surface area contributed by atoms with Gasteiger partial charge in [0.25, 0.3) is 5.91 Å². The zero-order chi connectivity index (χ0) is 15.5. The van der Waals surface area contributed by atoms with E-state index in [-0.39, 0.29) is 11.5 Å². The largest absolute Gasteiger partial charge is 0.298 e. The fourth-order valence-electron chi connectivity index (χ4n) is 1.91. The van der Waals surface area contributed by atoms with Crippen LogP contribution in [0, 0.1) is 5.82 Å². The van der Waals surface area contributed by atoms with Crippen LogP contribution in [0.15, 0.2) is 58.4 Å². The van der Waals surface area contributed by atoms with Gasteiger partial charge in [-0.1, -0.05) is 34.1 Å². The molecule has 3 aromatic rings. The van der Waals surface area contributed by atoms with E-state index in [4.69, 9.17) is 0 Å². The van der Waals surface area contributed by atoms with Crippen LogP contribution in [0.2, 0.25) is 0 Å². The van der Waals surface area contributed by atoms with Crippen LogP contribution in [-0.2, 0) is 0 Å². The van der Waals surface area contributed by atoms with E-state index in [0.717, 1.165) is 15.7 Å². The number of nitrogens with one attached hydrogen (secondary N) is 1. The van der Waals surface area contributed by atoms with Gasteiger partial charge in [-0.3, -0.25) is 10.1 Å². The molecule has 0 bridgehead atoms. The number of anilines is 1. The van der Waals surface area contributed by atoms with E-state index < -0.39 is 5.82 Å². The van der Waals surface area contributed by atoms with Crippen LogP contribution in [0.1, 0.15) is 10.4 Å². The Hall–Kier alpha value is -2.05. The molecule has 0 aliphatic rings. The van der Waals surface area contributed by atoms with E-state index in [2.05, 4.69) is 26.2 Å². The summed E-state index contributed by atoms with van der Waals surface area (Å²) in [7, 11) is 0. The van der Waals surface area contributed by atoms with Gasteiger partial charge >= 0.3 is 0 Å². The summed E-state index contributed by atoms with van der Waals surface area (Å²) in [5, 5.41) is 5.02. The van der Waals surface area contributed by atoms with E-state index in [9.17, 15) is 9.18 Å². The van der Waals surface area contributed by atoms with Gasteiger partial charge in [0.15, 0.2) is 5.13 Å². The molecule has 1 heterocycles. The summed E-state index contributed by atoms with van der Waals surface area (Å²) in [6.45, 7) is 0. The highest BCUT2D eigenvalue weighted by molar-refractivity contribution is 9.10. The molecule has 1 N–H and O–H groups in total. The highest BCUT2D eigenvalue weighted by Crippen LogP contribution is 2.27. The normalized spacial score (nSPS) is 10.5. The standard InChI is InChI=1S/C16H10BrFN2OS/c17-12-5-1-3-10(7-12)14-9-22-16(19-14)20-15(21)11-4-2-6-13(18)8-11/h1-9H,(H,19,20,21). The minimum atomic E-state index is -0.443. The maximum atomic E-state index is 13.1. The molecular formula is C16H10BrFN2OS. The Kier molecular flexibility index (Phi) is 4.31. The van der Waals surface area contributed by atoms with Crippen molar-refractivity contribution in [3.05, 3.63) is 69.8 Å². The van der Waals surface area contributed by atoms with Gasteiger partial charge in [0.05, 0.1) is 5.69 Å². The van der Waals surface area contributed by atoms with Crippen molar-refractivity contribution in [1.82, 2.24) is 4.98 Å². The highest BCUT2D eigenvalue weighted by Gasteiger charge is 2.10. The molecule has 22 heavy (non-hydrogen) atoms. The van der Waals surface area contributed by atoms with E-state index in [1.54, 1.807) is 6.07 Å². The van der Waals surface area contributed by atoms with Crippen LogP contribution in [0.5, 0.6) is 0 Å². The minimum Gasteiger partial charge on any atom is -0.298 e. The van der Waals surface area contributed by atoms with Gasteiger partial charge in [0.1, 0.15) is 5.82 Å². The quantitative estimate of drug-likeness (QED) is 0.701. The lowest BCUT2D eigenvalue weighted by atomic mass is 10.2. The third-order valence-corrected chi connectivity index (χ3v) is 4.18. The number of carbonyl (C=O) groups is 1. The van der Waals surface area contributed by atoms with Crippen molar-refractivity contribution in [1.29, 1.82) is 0 Å². The summed E-state index contributed by atoms with van der Waals surface area (Å²) in [5.74, 6) is -0.823. The van der Waals surface area contributed by atoms with Gasteiger partial charge in [-0.15, -0.1) is 11.3 Å². The van der Waals surface area contributed by atoms with Crippen molar-refractivity contribution in [2.75, 3.05) is 5.32 Å². The van der Waals surface area contributed by atoms with Gasteiger partial charge in [-0.05, 0) is 30.3 Å². The minimum absolute atomic E-state index is 0.263. The average molecular weight is 377 g/mol. The second-order valence-electron chi connectivity index (χ2n) is 4.51. The first kappa shape index (κ1) is 14.9. The monoisotopic (exact) mass is 376 g/mol. The van der Waals surface area contributed by atoms with Gasteiger partial charge in [-0.2, -0.15) is 0 Å². The molecule has 2 aromatic carbocycles. The summed E-state index contributed by atoms with van der Waals surface area (Å²) in [4.78, 5) is 16.4. The predicted octanol–water partition coefficient (Wildman–Crippen LogP) is 4.96. The second kappa shape index (κ2) is 6.37. The summed E-state index contributed by atoms with van der Waals surface area (Å²) >= 11 is 4.74. The molecule has 0 radical (unpaired) electrons. The summed E-state index contributed by atoms with van der Waals surface area (Å²) < 4.78 is 14.1. The number of aromatic nitrogens is 1. The number of benzene rings is 2. The molecule has 3 rings (SSSR count). The Morgan fingerprint density at radius 1 is 1.18 bits per heavy atom. The van der Waals surface area contributed by atoms with Crippen molar-refractivity contribution in [2.45, 2.75) is 0 Å². The van der Waals surface area contributed by atoms with Crippen LogP contribution in [-0.4, -0.2) is 10.9 Å². The number of nitrogens with zero attached hydrogens (tertiary/aromatic N) is 1. The van der Waals surface area contributed by atoms with Crippen LogP contribution >= 0.6 is 27.3 Å². The lowest BCUT2D eigenvalue weighted by Crippen LogP contribution is -2.11. The highest BCUT2D eigenvalue weighted by atomic mass is 79.9. The molecule has 3 nitrogen and oxygen atoms in total. The van der Waals surface area contributed by atoms with E-state index >= 15 is 0 Å². The second-order valence-corrected chi connectivity index (χ2v) is 6.29. The fraction of sp³-hybridized carbons (Fsp3) is 0. The third kappa shape index (κ3) is 3.40. The molecule has 1 aromatic heterocycles. The maximum Gasteiger partial charge on any atom is 0.257 e. The van der Waals surface area contributed by atoms with Crippen molar-refractivity contribution < 1.29 is 9.18 Å². The summed E-state index contributed by atoms with van der Waals surface area (Å²) in [6.07, 6.45) is 0. The number of thiazole rings is 1. The summed E-state index contributed by atoms with van der Waals surface area (Å²) in [6, 6.07) is 13.3. The molecule has 0 fully saturated rings. The third-order valence-electron chi connectivity index (χ3n) is 2.93. The first-order chi connectivity index (χ1) is 10.6. The van der Waals surface area contributed by atoms with E-state index in [1.165, 1.54) is 29.5 Å². The molecule has 0 aliphatic carbocycles. The summed E-state index contributed by atoms with van der Waals surface area (Å²) in [5.41, 5.74) is 2.00. The Morgan fingerprint density at radius 3 is 2.77 bits per heavy atom. The number of hydrogen-bond acceptors (Lipinski definition) is 3. The lowest BCUT2D eigenvalue weighted by molar-refractivity contribution is 0.102. The molecule has 110 valence electrons. The first-order valence-corrected chi connectivity index (χ1v) is 8.07. The van der Waals surface area contributed by atoms with Gasteiger partial charge in [0, 0.05) is 21.0 Å². The van der Waals surface area contributed by atoms with Crippen LogP contribution in [0.3, 0.4) is 0 Å². The Balaban J connectivity index is 1.78. The maximum absolute atomic E-state index is 13.1. The van der Waals surface area contributed by atoms with Crippen molar-refractivity contribution in [3.63, 3.8) is 0 Å². The SMILES string of the molecule is O=C(Nc1nc(-c2cccc(Br)c2)cs1)c1cccc(F)c1. The van der Waals surface area contributed by atoms with Crippen LogP contribution < -0.4 is 5.32 Å². The molecule has 0 saturated heterocycles. The van der Waals surface area contributed by atoms with Crippen molar-refractivity contribution in [2.24, 2.45) is 0 Å². The molecule has 0 saturated carbocycles. The smallest absolute Gasteiger partial charge is 0.257 e. The topological polar surface area (TPSA) is 42.0 Å². The average Bonchev–Trinajstić information content (AvgIpc) is 2.96. The van der Waals surface area contributed by atoms with Crippen molar-refractivity contribution in [3.8, 4) is 11.3 Å². The zero-order valence-corrected chi connectivity index (χ0v) is 13.6. The fourth-order valence-corrected chi connectivity index (χ4v) is 3.02. The number of hydrogen-bond donors (Lipinski definition) is 1. The molecule has 0 atom stereocenters. The number of halogens is 2. The predicted molar refractivity (Wildman–Crippen MR) is 89.6 cm³/mol.